The Morgan fingerprint density at radius 2 is 2.31 bits per heavy atom. The number of rotatable bonds is 4. The zero-order valence-electron chi connectivity index (χ0n) is 10.6. The summed E-state index contributed by atoms with van der Waals surface area (Å²) in [6, 6.07) is 0. The molecule has 1 aliphatic rings. The predicted octanol–water partition coefficient (Wildman–Crippen LogP) is 3.63. The van der Waals surface area contributed by atoms with Crippen LogP contribution in [0.1, 0.15) is 46.5 Å². The fourth-order valence-corrected chi connectivity index (χ4v) is 1.97. The lowest BCUT2D eigenvalue weighted by Crippen LogP contribution is -2.26. The van der Waals surface area contributed by atoms with E-state index in [0.29, 0.717) is 12.3 Å². The quantitative estimate of drug-likeness (QED) is 0.536. The summed E-state index contributed by atoms with van der Waals surface area (Å²) in [5, 5.41) is 0. The third-order valence-electron chi connectivity index (χ3n) is 3.16. The first kappa shape index (κ1) is 13.0. The van der Waals surface area contributed by atoms with Gasteiger partial charge in [0.15, 0.2) is 0 Å². The molecule has 0 fully saturated rings. The van der Waals surface area contributed by atoms with Gasteiger partial charge in [0.25, 0.3) is 0 Å². The van der Waals surface area contributed by atoms with E-state index in [0.717, 1.165) is 19.3 Å². The van der Waals surface area contributed by atoms with E-state index in [1.807, 2.05) is 20.8 Å². The lowest BCUT2D eigenvalue weighted by atomic mass is 9.84. The summed E-state index contributed by atoms with van der Waals surface area (Å²) in [5.74, 6) is 0.380. The van der Waals surface area contributed by atoms with Crippen molar-refractivity contribution in [3.8, 4) is 0 Å². The molecule has 0 spiro atoms. The van der Waals surface area contributed by atoms with Gasteiger partial charge in [-0.05, 0) is 44.6 Å². The minimum absolute atomic E-state index is 0.0329. The first-order valence-electron chi connectivity index (χ1n) is 6.06. The fourth-order valence-electron chi connectivity index (χ4n) is 1.97. The summed E-state index contributed by atoms with van der Waals surface area (Å²) < 4.78 is 5.48. The molecule has 1 aliphatic carbocycles. The second kappa shape index (κ2) is 5.88. The van der Waals surface area contributed by atoms with Crippen molar-refractivity contribution in [3.05, 3.63) is 23.8 Å². The number of ether oxygens (including phenoxy) is 1. The van der Waals surface area contributed by atoms with Gasteiger partial charge in [-0.3, -0.25) is 4.79 Å². The van der Waals surface area contributed by atoms with Crippen LogP contribution in [0.4, 0.5) is 0 Å². The number of carbonyl (C=O) groups is 1. The number of esters is 1. The van der Waals surface area contributed by atoms with E-state index in [2.05, 4.69) is 12.7 Å². The van der Waals surface area contributed by atoms with E-state index < -0.39 is 0 Å². The van der Waals surface area contributed by atoms with Gasteiger partial charge < -0.3 is 4.74 Å². The normalized spacial score (nSPS) is 24.8. The highest BCUT2D eigenvalue weighted by Gasteiger charge is 2.25. The van der Waals surface area contributed by atoms with Crippen molar-refractivity contribution < 1.29 is 9.53 Å². The van der Waals surface area contributed by atoms with E-state index in [1.54, 1.807) is 0 Å². The fraction of sp³-hybridized carbons (Fsp3) is 0.643. The molecule has 1 rings (SSSR count). The molecule has 0 aromatic carbocycles. The molecule has 0 radical (unpaired) electrons. The van der Waals surface area contributed by atoms with Gasteiger partial charge in [0.2, 0.25) is 0 Å². The first-order valence-corrected chi connectivity index (χ1v) is 6.06. The topological polar surface area (TPSA) is 26.3 Å². The van der Waals surface area contributed by atoms with E-state index in [-0.39, 0.29) is 12.1 Å². The molecule has 2 atom stereocenters. The van der Waals surface area contributed by atoms with Crippen LogP contribution in [0.15, 0.2) is 23.8 Å². The second-order valence-corrected chi connectivity index (χ2v) is 4.69. The Balaban J connectivity index is 2.58. The largest absolute Gasteiger partial charge is 0.458 e. The third-order valence-corrected chi connectivity index (χ3v) is 3.16. The molecule has 0 saturated heterocycles. The maximum Gasteiger partial charge on any atom is 0.306 e. The Kier molecular flexibility index (Phi) is 4.78. The lowest BCUT2D eigenvalue weighted by molar-refractivity contribution is -0.148. The summed E-state index contributed by atoms with van der Waals surface area (Å²) in [7, 11) is 0. The molecule has 0 bridgehead atoms. The SMILES string of the molecule is C=C(C)[C@@H]1CC=C(C)[C@@H](OC(=O)CCC)C1. The molecule has 16 heavy (non-hydrogen) atoms. The van der Waals surface area contributed by atoms with Crippen molar-refractivity contribution in [1.82, 2.24) is 0 Å². The molecule has 0 amide bonds. The molecular weight excluding hydrogens is 200 g/mol. The molecule has 0 aliphatic heterocycles. The maximum absolute atomic E-state index is 11.5. The average Bonchev–Trinajstić information content (AvgIpc) is 2.21. The van der Waals surface area contributed by atoms with Gasteiger partial charge >= 0.3 is 5.97 Å². The molecule has 0 saturated carbocycles. The van der Waals surface area contributed by atoms with Crippen molar-refractivity contribution in [2.45, 2.75) is 52.6 Å². The summed E-state index contributed by atoms with van der Waals surface area (Å²) in [4.78, 5) is 11.5. The molecule has 2 heteroatoms. The molecule has 90 valence electrons. The zero-order valence-corrected chi connectivity index (χ0v) is 10.6. The van der Waals surface area contributed by atoms with Crippen LogP contribution in [0.5, 0.6) is 0 Å². The van der Waals surface area contributed by atoms with Gasteiger partial charge in [0.1, 0.15) is 6.10 Å². The smallest absolute Gasteiger partial charge is 0.306 e. The Morgan fingerprint density at radius 3 is 2.88 bits per heavy atom. The third kappa shape index (κ3) is 3.51. The lowest BCUT2D eigenvalue weighted by Gasteiger charge is -2.28. The number of allylic oxidation sites excluding steroid dienone is 2. The van der Waals surface area contributed by atoms with Gasteiger partial charge in [0.05, 0.1) is 0 Å². The van der Waals surface area contributed by atoms with Crippen LogP contribution < -0.4 is 0 Å². The van der Waals surface area contributed by atoms with E-state index in [4.69, 9.17) is 4.74 Å². The van der Waals surface area contributed by atoms with Crippen LogP contribution in [0, 0.1) is 5.92 Å². The summed E-state index contributed by atoms with van der Waals surface area (Å²) in [5.41, 5.74) is 2.36. The Labute approximate surface area is 98.4 Å². The summed E-state index contributed by atoms with van der Waals surface area (Å²) in [6.07, 6.45) is 5.43. The monoisotopic (exact) mass is 222 g/mol. The van der Waals surface area contributed by atoms with Crippen molar-refractivity contribution in [1.29, 1.82) is 0 Å². The van der Waals surface area contributed by atoms with Crippen molar-refractivity contribution in [2.24, 2.45) is 5.92 Å². The molecular formula is C14H22O2. The second-order valence-electron chi connectivity index (χ2n) is 4.69. The number of hydrogen-bond acceptors (Lipinski definition) is 2. The minimum Gasteiger partial charge on any atom is -0.458 e. The molecule has 0 aromatic heterocycles. The number of carbonyl (C=O) groups excluding carboxylic acids is 1. The van der Waals surface area contributed by atoms with Crippen molar-refractivity contribution >= 4 is 5.97 Å². The van der Waals surface area contributed by atoms with E-state index >= 15 is 0 Å². The molecule has 0 N–H and O–H groups in total. The minimum atomic E-state index is -0.0809. The van der Waals surface area contributed by atoms with Gasteiger partial charge in [-0.25, -0.2) is 0 Å². The van der Waals surface area contributed by atoms with Crippen LogP contribution in [-0.2, 0) is 9.53 Å². The Morgan fingerprint density at radius 1 is 1.62 bits per heavy atom. The number of hydrogen-bond donors (Lipinski definition) is 0. The van der Waals surface area contributed by atoms with Crippen LogP contribution in [-0.4, -0.2) is 12.1 Å². The molecule has 2 nitrogen and oxygen atoms in total. The molecule has 0 heterocycles. The highest BCUT2D eigenvalue weighted by Crippen LogP contribution is 2.30. The van der Waals surface area contributed by atoms with E-state index in [9.17, 15) is 4.79 Å². The molecule has 0 aromatic rings. The van der Waals surface area contributed by atoms with E-state index in [1.165, 1.54) is 11.1 Å². The molecule has 0 unspecified atom stereocenters. The van der Waals surface area contributed by atoms with Crippen LogP contribution in [0.2, 0.25) is 0 Å². The van der Waals surface area contributed by atoms with Crippen LogP contribution in [0.25, 0.3) is 0 Å². The summed E-state index contributed by atoms with van der Waals surface area (Å²) >= 11 is 0. The Bertz CT molecular complexity index is 302. The highest BCUT2D eigenvalue weighted by molar-refractivity contribution is 5.69. The summed E-state index contributed by atoms with van der Waals surface area (Å²) in [6.45, 7) is 10.1. The van der Waals surface area contributed by atoms with Gasteiger partial charge in [0, 0.05) is 6.42 Å². The average molecular weight is 222 g/mol. The maximum atomic E-state index is 11.5. The predicted molar refractivity (Wildman–Crippen MR) is 66.1 cm³/mol. The highest BCUT2D eigenvalue weighted by atomic mass is 16.5. The van der Waals surface area contributed by atoms with Gasteiger partial charge in [-0.15, -0.1) is 0 Å². The van der Waals surface area contributed by atoms with Crippen LogP contribution in [0.3, 0.4) is 0 Å². The van der Waals surface area contributed by atoms with Crippen LogP contribution >= 0.6 is 0 Å². The standard InChI is InChI=1S/C14H22O2/c1-5-6-14(15)16-13-9-12(10(2)3)8-7-11(13)4/h7,12-13H,2,5-6,8-9H2,1,3-4H3/t12-,13+/m1/s1. The van der Waals surface area contributed by atoms with Crippen molar-refractivity contribution in [2.75, 3.05) is 0 Å². The zero-order chi connectivity index (χ0) is 12.1. The first-order chi connectivity index (χ1) is 7.54. The van der Waals surface area contributed by atoms with Crippen molar-refractivity contribution in [3.63, 3.8) is 0 Å². The van der Waals surface area contributed by atoms with Gasteiger partial charge in [-0.2, -0.15) is 0 Å². The Hall–Kier alpha value is -1.05. The van der Waals surface area contributed by atoms with Gasteiger partial charge in [-0.1, -0.05) is 25.2 Å².